The van der Waals surface area contributed by atoms with Gasteiger partial charge in [-0.2, -0.15) is 0 Å². The molecule has 15 heavy (non-hydrogen) atoms. The molecular weight excluding hydrogens is 195 g/mol. The topological polar surface area (TPSA) is 61.3 Å². The van der Waals surface area contributed by atoms with Crippen LogP contribution in [-0.4, -0.2) is 13.2 Å². The van der Waals surface area contributed by atoms with Crippen LogP contribution in [0.2, 0.25) is 0 Å². The summed E-state index contributed by atoms with van der Waals surface area (Å²) in [6.07, 6.45) is 0.774. The Kier molecular flexibility index (Phi) is 4.52. The van der Waals surface area contributed by atoms with Crippen molar-refractivity contribution >= 4 is 0 Å². The first-order valence-electron chi connectivity index (χ1n) is 5.03. The van der Waals surface area contributed by atoms with Crippen LogP contribution in [0, 0.1) is 5.82 Å². The van der Waals surface area contributed by atoms with E-state index in [1.165, 1.54) is 12.1 Å². The number of nitrogens with two attached hydrogens (primary N) is 2. The first-order valence-corrected chi connectivity index (χ1v) is 5.03. The van der Waals surface area contributed by atoms with Gasteiger partial charge in [-0.1, -0.05) is 0 Å². The molecule has 0 saturated carbocycles. The van der Waals surface area contributed by atoms with Crippen LogP contribution in [0.5, 0.6) is 5.75 Å². The molecule has 1 rings (SSSR count). The Labute approximate surface area is 89.2 Å². The first kappa shape index (κ1) is 11.9. The lowest BCUT2D eigenvalue weighted by Gasteiger charge is -2.13. The summed E-state index contributed by atoms with van der Waals surface area (Å²) in [6, 6.07) is 4.13. The molecule has 1 aromatic carbocycles. The predicted octanol–water partition coefficient (Wildman–Crippen LogP) is 1.57. The molecule has 0 spiro atoms. The molecule has 0 fully saturated rings. The first-order chi connectivity index (χ1) is 7.15. The predicted molar refractivity (Wildman–Crippen MR) is 58.2 cm³/mol. The highest BCUT2D eigenvalue weighted by Crippen LogP contribution is 2.24. The van der Waals surface area contributed by atoms with Crippen LogP contribution in [0.1, 0.15) is 24.9 Å². The molecule has 3 nitrogen and oxygen atoms in total. The lowest BCUT2D eigenvalue weighted by Crippen LogP contribution is -2.11. The van der Waals surface area contributed by atoms with Crippen molar-refractivity contribution in [1.82, 2.24) is 0 Å². The van der Waals surface area contributed by atoms with Gasteiger partial charge < -0.3 is 16.2 Å². The maximum atomic E-state index is 13.0. The van der Waals surface area contributed by atoms with E-state index in [2.05, 4.69) is 0 Å². The molecule has 0 aliphatic heterocycles. The van der Waals surface area contributed by atoms with Crippen molar-refractivity contribution in [3.05, 3.63) is 29.6 Å². The van der Waals surface area contributed by atoms with Gasteiger partial charge in [0.25, 0.3) is 0 Å². The van der Waals surface area contributed by atoms with E-state index in [0.717, 1.165) is 6.42 Å². The van der Waals surface area contributed by atoms with E-state index in [1.807, 2.05) is 0 Å². The zero-order chi connectivity index (χ0) is 11.3. The second kappa shape index (κ2) is 5.68. The van der Waals surface area contributed by atoms with Crippen LogP contribution in [-0.2, 0) is 0 Å². The highest BCUT2D eigenvalue weighted by molar-refractivity contribution is 5.36. The standard InChI is InChI=1S/C11H17FN2O/c1-8(14)10-7-9(12)3-4-11(10)15-6-2-5-13/h3-4,7-8H,2,5-6,13-14H2,1H3/t8-/m1/s1. The molecule has 1 atom stereocenters. The average Bonchev–Trinajstić information content (AvgIpc) is 2.20. The summed E-state index contributed by atoms with van der Waals surface area (Å²) in [6.45, 7) is 2.90. The Morgan fingerprint density at radius 1 is 1.47 bits per heavy atom. The highest BCUT2D eigenvalue weighted by Gasteiger charge is 2.09. The third-order valence-electron chi connectivity index (χ3n) is 2.07. The Bertz CT molecular complexity index is 315. The van der Waals surface area contributed by atoms with E-state index in [-0.39, 0.29) is 11.9 Å². The van der Waals surface area contributed by atoms with Crippen LogP contribution in [0.4, 0.5) is 4.39 Å². The molecule has 0 unspecified atom stereocenters. The Hall–Kier alpha value is -1.13. The molecule has 4 heteroatoms. The van der Waals surface area contributed by atoms with Gasteiger partial charge in [0.1, 0.15) is 11.6 Å². The molecular formula is C11H17FN2O. The number of halogens is 1. The normalized spacial score (nSPS) is 12.5. The van der Waals surface area contributed by atoms with E-state index in [4.69, 9.17) is 16.2 Å². The second-order valence-electron chi connectivity index (χ2n) is 3.46. The molecule has 0 aliphatic rings. The molecule has 0 radical (unpaired) electrons. The van der Waals surface area contributed by atoms with Gasteiger partial charge in [0.05, 0.1) is 6.61 Å². The summed E-state index contributed by atoms with van der Waals surface area (Å²) in [7, 11) is 0. The fourth-order valence-corrected chi connectivity index (χ4v) is 1.27. The van der Waals surface area contributed by atoms with Crippen molar-refractivity contribution in [2.75, 3.05) is 13.2 Å². The van der Waals surface area contributed by atoms with Gasteiger partial charge in [-0.25, -0.2) is 4.39 Å². The van der Waals surface area contributed by atoms with Crippen LogP contribution in [0.25, 0.3) is 0 Å². The van der Waals surface area contributed by atoms with Gasteiger partial charge >= 0.3 is 0 Å². The summed E-state index contributed by atoms with van der Waals surface area (Å²) in [5, 5.41) is 0. The minimum Gasteiger partial charge on any atom is -0.493 e. The molecule has 0 amide bonds. The Balaban J connectivity index is 2.77. The van der Waals surface area contributed by atoms with Crippen molar-refractivity contribution in [3.8, 4) is 5.75 Å². The van der Waals surface area contributed by atoms with Gasteiger partial charge in [0.15, 0.2) is 0 Å². The van der Waals surface area contributed by atoms with Gasteiger partial charge in [-0.3, -0.25) is 0 Å². The second-order valence-corrected chi connectivity index (χ2v) is 3.46. The third-order valence-corrected chi connectivity index (χ3v) is 2.07. The lowest BCUT2D eigenvalue weighted by molar-refractivity contribution is 0.308. The molecule has 0 aromatic heterocycles. The van der Waals surface area contributed by atoms with Crippen LogP contribution in [0.15, 0.2) is 18.2 Å². The van der Waals surface area contributed by atoms with Crippen molar-refractivity contribution in [3.63, 3.8) is 0 Å². The number of hydrogen-bond donors (Lipinski definition) is 2. The average molecular weight is 212 g/mol. The SMILES string of the molecule is C[C@@H](N)c1cc(F)ccc1OCCCN. The zero-order valence-corrected chi connectivity index (χ0v) is 8.87. The van der Waals surface area contributed by atoms with Crippen molar-refractivity contribution in [2.45, 2.75) is 19.4 Å². The highest BCUT2D eigenvalue weighted by atomic mass is 19.1. The van der Waals surface area contributed by atoms with Crippen molar-refractivity contribution in [2.24, 2.45) is 11.5 Å². The maximum absolute atomic E-state index is 13.0. The summed E-state index contributed by atoms with van der Waals surface area (Å²) in [5.41, 5.74) is 11.8. The van der Waals surface area contributed by atoms with Gasteiger partial charge in [0.2, 0.25) is 0 Å². The fraction of sp³-hybridized carbons (Fsp3) is 0.455. The Morgan fingerprint density at radius 2 is 2.20 bits per heavy atom. The monoisotopic (exact) mass is 212 g/mol. The Morgan fingerprint density at radius 3 is 2.80 bits per heavy atom. The fourth-order valence-electron chi connectivity index (χ4n) is 1.27. The number of benzene rings is 1. The van der Waals surface area contributed by atoms with Gasteiger partial charge in [0, 0.05) is 11.6 Å². The van der Waals surface area contributed by atoms with Crippen LogP contribution >= 0.6 is 0 Å². The molecule has 0 bridgehead atoms. The third kappa shape index (κ3) is 3.49. The van der Waals surface area contributed by atoms with Gasteiger partial charge in [-0.05, 0) is 38.1 Å². The molecule has 84 valence electrons. The zero-order valence-electron chi connectivity index (χ0n) is 8.87. The van der Waals surface area contributed by atoms with E-state index in [9.17, 15) is 4.39 Å². The number of ether oxygens (including phenoxy) is 1. The maximum Gasteiger partial charge on any atom is 0.124 e. The number of rotatable bonds is 5. The van der Waals surface area contributed by atoms with Crippen molar-refractivity contribution < 1.29 is 9.13 Å². The molecule has 1 aromatic rings. The smallest absolute Gasteiger partial charge is 0.124 e. The van der Waals surface area contributed by atoms with Gasteiger partial charge in [-0.15, -0.1) is 0 Å². The van der Waals surface area contributed by atoms with E-state index in [1.54, 1.807) is 13.0 Å². The summed E-state index contributed by atoms with van der Waals surface area (Å²) in [4.78, 5) is 0. The number of hydrogen-bond acceptors (Lipinski definition) is 3. The lowest BCUT2D eigenvalue weighted by atomic mass is 10.1. The van der Waals surface area contributed by atoms with E-state index < -0.39 is 0 Å². The summed E-state index contributed by atoms with van der Waals surface area (Å²) in [5.74, 6) is 0.341. The van der Waals surface area contributed by atoms with E-state index >= 15 is 0 Å². The summed E-state index contributed by atoms with van der Waals surface area (Å²) < 4.78 is 18.4. The minimum absolute atomic E-state index is 0.242. The van der Waals surface area contributed by atoms with E-state index in [0.29, 0.717) is 24.5 Å². The molecule has 4 N–H and O–H groups in total. The molecule has 0 heterocycles. The molecule has 0 saturated heterocycles. The van der Waals surface area contributed by atoms with Crippen LogP contribution in [0.3, 0.4) is 0 Å². The largest absolute Gasteiger partial charge is 0.493 e. The minimum atomic E-state index is -0.298. The summed E-state index contributed by atoms with van der Waals surface area (Å²) >= 11 is 0. The van der Waals surface area contributed by atoms with Crippen molar-refractivity contribution in [1.29, 1.82) is 0 Å². The van der Waals surface area contributed by atoms with Crippen LogP contribution < -0.4 is 16.2 Å². The quantitative estimate of drug-likeness (QED) is 0.728. The molecule has 0 aliphatic carbocycles.